The Balaban J connectivity index is 2.84. The fraction of sp³-hybridized carbons (Fsp3) is 0.500. The third-order valence-electron chi connectivity index (χ3n) is 1.49. The lowest BCUT2D eigenvalue weighted by Crippen LogP contribution is -1.96. The Morgan fingerprint density at radius 2 is 2.33 bits per heavy atom. The van der Waals surface area contributed by atoms with Gasteiger partial charge < -0.3 is 10.7 Å². The van der Waals surface area contributed by atoms with Crippen molar-refractivity contribution >= 4 is 5.82 Å². The van der Waals surface area contributed by atoms with Crippen LogP contribution in [0.2, 0.25) is 0 Å². The van der Waals surface area contributed by atoms with Crippen molar-refractivity contribution < 1.29 is 0 Å². The first kappa shape index (κ1) is 8.60. The van der Waals surface area contributed by atoms with Crippen molar-refractivity contribution in [3.8, 4) is 6.07 Å². The van der Waals surface area contributed by atoms with Crippen molar-refractivity contribution in [1.29, 1.82) is 5.26 Å². The molecule has 0 aromatic carbocycles. The standard InChI is InChI=1S/C8H12N4/c1-5(2)3-7-11-6(4-9)8(10)12-7/h5H,3,10H2,1-2H3,(H,11,12). The second-order valence-electron chi connectivity index (χ2n) is 3.15. The third kappa shape index (κ3) is 1.76. The van der Waals surface area contributed by atoms with Gasteiger partial charge in [0.2, 0.25) is 0 Å². The molecule has 0 bridgehead atoms. The molecule has 0 amide bonds. The summed E-state index contributed by atoms with van der Waals surface area (Å²) in [5, 5.41) is 8.56. The SMILES string of the molecule is CC(C)Cc1nc(N)c(C#N)[nH]1. The van der Waals surface area contributed by atoms with Crippen LogP contribution >= 0.6 is 0 Å². The Morgan fingerprint density at radius 1 is 1.67 bits per heavy atom. The van der Waals surface area contributed by atoms with Gasteiger partial charge in [0.15, 0.2) is 11.5 Å². The maximum Gasteiger partial charge on any atom is 0.161 e. The van der Waals surface area contributed by atoms with Gasteiger partial charge in [-0.3, -0.25) is 0 Å². The van der Waals surface area contributed by atoms with Gasteiger partial charge in [0.05, 0.1) is 0 Å². The van der Waals surface area contributed by atoms with Gasteiger partial charge in [-0.25, -0.2) is 4.98 Å². The van der Waals surface area contributed by atoms with E-state index in [2.05, 4.69) is 23.8 Å². The first-order valence-corrected chi connectivity index (χ1v) is 3.88. The van der Waals surface area contributed by atoms with E-state index in [0.717, 1.165) is 12.2 Å². The van der Waals surface area contributed by atoms with Gasteiger partial charge in [0, 0.05) is 6.42 Å². The lowest BCUT2D eigenvalue weighted by Gasteiger charge is -1.98. The van der Waals surface area contributed by atoms with Crippen LogP contribution in [0, 0.1) is 17.2 Å². The summed E-state index contributed by atoms with van der Waals surface area (Å²) >= 11 is 0. The largest absolute Gasteiger partial charge is 0.381 e. The zero-order valence-electron chi connectivity index (χ0n) is 7.26. The van der Waals surface area contributed by atoms with Gasteiger partial charge in [-0.2, -0.15) is 5.26 Å². The number of hydrogen-bond donors (Lipinski definition) is 2. The molecule has 0 fully saturated rings. The predicted molar refractivity (Wildman–Crippen MR) is 46.3 cm³/mol. The van der Waals surface area contributed by atoms with E-state index in [1.54, 1.807) is 0 Å². The van der Waals surface area contributed by atoms with E-state index in [0.29, 0.717) is 17.4 Å². The zero-order chi connectivity index (χ0) is 9.14. The number of nitriles is 1. The highest BCUT2D eigenvalue weighted by atomic mass is 15.0. The van der Waals surface area contributed by atoms with Crippen LogP contribution in [-0.2, 0) is 6.42 Å². The lowest BCUT2D eigenvalue weighted by molar-refractivity contribution is 0.626. The number of aromatic amines is 1. The van der Waals surface area contributed by atoms with Gasteiger partial charge in [-0.15, -0.1) is 0 Å². The Bertz CT molecular complexity index is 305. The maximum atomic E-state index is 8.56. The number of aromatic nitrogens is 2. The summed E-state index contributed by atoms with van der Waals surface area (Å²) in [5.74, 6) is 1.61. The van der Waals surface area contributed by atoms with Crippen molar-refractivity contribution in [1.82, 2.24) is 9.97 Å². The van der Waals surface area contributed by atoms with E-state index in [4.69, 9.17) is 11.0 Å². The number of rotatable bonds is 2. The van der Waals surface area contributed by atoms with Gasteiger partial charge in [0.1, 0.15) is 11.9 Å². The number of imidazole rings is 1. The van der Waals surface area contributed by atoms with Crippen LogP contribution in [-0.4, -0.2) is 9.97 Å². The van der Waals surface area contributed by atoms with Crippen LogP contribution in [0.15, 0.2) is 0 Å². The average molecular weight is 164 g/mol. The molecule has 1 aromatic rings. The predicted octanol–water partition coefficient (Wildman–Crippen LogP) is 1.06. The summed E-state index contributed by atoms with van der Waals surface area (Å²) in [6.45, 7) is 4.18. The van der Waals surface area contributed by atoms with Gasteiger partial charge in [0.25, 0.3) is 0 Å². The maximum absolute atomic E-state index is 8.56. The third-order valence-corrected chi connectivity index (χ3v) is 1.49. The smallest absolute Gasteiger partial charge is 0.161 e. The zero-order valence-corrected chi connectivity index (χ0v) is 7.26. The minimum absolute atomic E-state index is 0.299. The molecular weight excluding hydrogens is 152 g/mol. The second-order valence-corrected chi connectivity index (χ2v) is 3.15. The van der Waals surface area contributed by atoms with Crippen molar-refractivity contribution in [2.45, 2.75) is 20.3 Å². The normalized spacial score (nSPS) is 10.2. The summed E-state index contributed by atoms with van der Waals surface area (Å²) in [5.41, 5.74) is 5.83. The quantitative estimate of drug-likeness (QED) is 0.686. The van der Waals surface area contributed by atoms with Crippen LogP contribution in [0.4, 0.5) is 5.82 Å². The molecule has 1 aromatic heterocycles. The molecular formula is C8H12N4. The molecule has 1 rings (SSSR count). The monoisotopic (exact) mass is 164 g/mol. The number of nitrogens with two attached hydrogens (primary N) is 1. The molecule has 0 unspecified atom stereocenters. The number of nitrogen functional groups attached to an aromatic ring is 1. The molecule has 64 valence electrons. The molecule has 0 radical (unpaired) electrons. The molecule has 4 nitrogen and oxygen atoms in total. The van der Waals surface area contributed by atoms with Crippen molar-refractivity contribution in [2.75, 3.05) is 5.73 Å². The minimum Gasteiger partial charge on any atom is -0.381 e. The number of anilines is 1. The lowest BCUT2D eigenvalue weighted by atomic mass is 10.1. The van der Waals surface area contributed by atoms with E-state index in [1.165, 1.54) is 0 Å². The van der Waals surface area contributed by atoms with Crippen LogP contribution in [0.25, 0.3) is 0 Å². The fourth-order valence-electron chi connectivity index (χ4n) is 1.01. The van der Waals surface area contributed by atoms with Gasteiger partial charge >= 0.3 is 0 Å². The van der Waals surface area contributed by atoms with Gasteiger partial charge in [-0.05, 0) is 5.92 Å². The van der Waals surface area contributed by atoms with E-state index >= 15 is 0 Å². The van der Waals surface area contributed by atoms with E-state index in [-0.39, 0.29) is 0 Å². The number of hydrogen-bond acceptors (Lipinski definition) is 3. The van der Waals surface area contributed by atoms with E-state index in [1.807, 2.05) is 6.07 Å². The molecule has 0 aliphatic heterocycles. The van der Waals surface area contributed by atoms with Crippen LogP contribution in [0.1, 0.15) is 25.4 Å². The molecule has 4 heteroatoms. The molecule has 0 atom stereocenters. The first-order chi connectivity index (χ1) is 5.63. The van der Waals surface area contributed by atoms with Crippen molar-refractivity contribution in [2.24, 2.45) is 5.92 Å². The highest BCUT2D eigenvalue weighted by Crippen LogP contribution is 2.09. The summed E-state index contributed by atoms with van der Waals surface area (Å²) < 4.78 is 0. The van der Waals surface area contributed by atoms with Crippen LogP contribution in [0.3, 0.4) is 0 Å². The summed E-state index contributed by atoms with van der Waals surface area (Å²) in [7, 11) is 0. The summed E-state index contributed by atoms with van der Waals surface area (Å²) in [6, 6.07) is 1.95. The van der Waals surface area contributed by atoms with Crippen molar-refractivity contribution in [3.05, 3.63) is 11.5 Å². The number of nitrogens with zero attached hydrogens (tertiary/aromatic N) is 2. The molecule has 12 heavy (non-hydrogen) atoms. The van der Waals surface area contributed by atoms with E-state index < -0.39 is 0 Å². The molecule has 0 spiro atoms. The second kappa shape index (κ2) is 3.26. The highest BCUT2D eigenvalue weighted by molar-refractivity contribution is 5.44. The average Bonchev–Trinajstić information content (AvgIpc) is 2.29. The summed E-state index contributed by atoms with van der Waals surface area (Å²) in [4.78, 5) is 6.89. The first-order valence-electron chi connectivity index (χ1n) is 3.88. The van der Waals surface area contributed by atoms with Crippen LogP contribution < -0.4 is 5.73 Å². The molecule has 0 saturated heterocycles. The molecule has 1 heterocycles. The summed E-state index contributed by atoms with van der Waals surface area (Å²) in [6.07, 6.45) is 0.825. The van der Waals surface area contributed by atoms with Crippen molar-refractivity contribution in [3.63, 3.8) is 0 Å². The number of H-pyrrole nitrogens is 1. The molecule has 3 N–H and O–H groups in total. The highest BCUT2D eigenvalue weighted by Gasteiger charge is 2.06. The minimum atomic E-state index is 0.299. The Kier molecular flexibility index (Phi) is 2.34. The van der Waals surface area contributed by atoms with Gasteiger partial charge in [-0.1, -0.05) is 13.8 Å². The fourth-order valence-corrected chi connectivity index (χ4v) is 1.01. The Hall–Kier alpha value is -1.50. The number of nitrogens with one attached hydrogen (secondary N) is 1. The molecule has 0 saturated carbocycles. The molecule has 0 aliphatic rings. The van der Waals surface area contributed by atoms with Crippen LogP contribution in [0.5, 0.6) is 0 Å². The van der Waals surface area contributed by atoms with E-state index in [9.17, 15) is 0 Å². The molecule has 0 aliphatic carbocycles. The topological polar surface area (TPSA) is 78.5 Å². The Morgan fingerprint density at radius 3 is 2.75 bits per heavy atom. The Labute approximate surface area is 71.4 Å².